The number of nitrogens with zero attached hydrogens (tertiary/aromatic N) is 3. The minimum Gasteiger partial charge on any atom is -0.432 e. The molecule has 0 saturated heterocycles. The number of hydrogen-bond acceptors (Lipinski definition) is 5. The molecule has 0 unspecified atom stereocenters. The Kier molecular flexibility index (Phi) is 3.52. The molecule has 1 rings (SSSR count). The van der Waals surface area contributed by atoms with E-state index < -0.39 is 6.61 Å². The van der Waals surface area contributed by atoms with Crippen LogP contribution < -0.4 is 4.74 Å². The Bertz CT molecular complexity index is 330. The molecule has 0 radical (unpaired) electrons. The van der Waals surface area contributed by atoms with Gasteiger partial charge in [0.15, 0.2) is 11.6 Å². The molecule has 0 aliphatic heterocycles. The largest absolute Gasteiger partial charge is 0.432 e. The zero-order chi connectivity index (χ0) is 10.6. The van der Waals surface area contributed by atoms with E-state index in [1.165, 1.54) is 0 Å². The van der Waals surface area contributed by atoms with Gasteiger partial charge in [-0.25, -0.2) is 9.97 Å². The van der Waals surface area contributed by atoms with E-state index in [2.05, 4.69) is 19.9 Å². The Morgan fingerprint density at radius 1 is 1.50 bits per heavy atom. The summed E-state index contributed by atoms with van der Waals surface area (Å²) in [6.45, 7) is -2.94. The third-order valence-corrected chi connectivity index (χ3v) is 1.37. The lowest BCUT2D eigenvalue weighted by atomic mass is 10.5. The fourth-order valence-electron chi connectivity index (χ4n) is 0.631. The SMILES string of the molecule is ON=C(Cl)c1ncc(OC(F)F)cn1. The quantitative estimate of drug-likeness (QED) is 0.478. The van der Waals surface area contributed by atoms with Gasteiger partial charge in [-0.3, -0.25) is 0 Å². The molecule has 1 aromatic rings. The van der Waals surface area contributed by atoms with Crippen molar-refractivity contribution in [1.82, 2.24) is 9.97 Å². The van der Waals surface area contributed by atoms with Gasteiger partial charge in [-0.1, -0.05) is 16.8 Å². The van der Waals surface area contributed by atoms with Crippen molar-refractivity contribution in [3.63, 3.8) is 0 Å². The second kappa shape index (κ2) is 4.66. The number of hydrogen-bond donors (Lipinski definition) is 1. The maximum Gasteiger partial charge on any atom is 0.387 e. The molecule has 8 heteroatoms. The fourth-order valence-corrected chi connectivity index (χ4v) is 0.729. The molecule has 0 aromatic carbocycles. The summed E-state index contributed by atoms with van der Waals surface area (Å²) < 4.78 is 27.3. The topological polar surface area (TPSA) is 67.6 Å². The standard InChI is InChI=1S/C6H4ClF2N3O2/c7-4(12-13)5-10-1-3(2-11-5)14-6(8)9/h1-2,6,13H. The van der Waals surface area contributed by atoms with Crippen LogP contribution in [-0.4, -0.2) is 27.0 Å². The molecule has 76 valence electrons. The van der Waals surface area contributed by atoms with Crippen molar-refractivity contribution in [2.75, 3.05) is 0 Å². The molecular weight excluding hydrogens is 220 g/mol. The fraction of sp³-hybridized carbons (Fsp3) is 0.167. The second-order valence-corrected chi connectivity index (χ2v) is 2.37. The number of oxime groups is 1. The van der Waals surface area contributed by atoms with Crippen molar-refractivity contribution in [1.29, 1.82) is 0 Å². The lowest BCUT2D eigenvalue weighted by Crippen LogP contribution is -2.05. The molecular formula is C6H4ClF2N3O2. The summed E-state index contributed by atoms with van der Waals surface area (Å²) in [5.74, 6) is -0.290. The predicted octanol–water partition coefficient (Wildman–Crippen LogP) is 1.45. The highest BCUT2D eigenvalue weighted by Gasteiger charge is 2.07. The van der Waals surface area contributed by atoms with Gasteiger partial charge in [-0.15, -0.1) is 0 Å². The lowest BCUT2D eigenvalue weighted by Gasteiger charge is -2.02. The van der Waals surface area contributed by atoms with Crippen LogP contribution in [-0.2, 0) is 0 Å². The van der Waals surface area contributed by atoms with Gasteiger partial charge in [-0.05, 0) is 0 Å². The van der Waals surface area contributed by atoms with Crippen LogP contribution in [0.25, 0.3) is 0 Å². The minimum atomic E-state index is -2.94. The Hall–Kier alpha value is -1.50. The molecule has 0 amide bonds. The van der Waals surface area contributed by atoms with Crippen LogP contribution in [0.5, 0.6) is 5.75 Å². The second-order valence-electron chi connectivity index (χ2n) is 2.01. The molecule has 1 heterocycles. The maximum absolute atomic E-state index is 11.7. The third kappa shape index (κ3) is 2.77. The van der Waals surface area contributed by atoms with Crippen LogP contribution in [0.1, 0.15) is 5.82 Å². The first-order valence-corrected chi connectivity index (χ1v) is 3.66. The molecule has 0 bridgehead atoms. The Labute approximate surface area is 82.0 Å². The van der Waals surface area contributed by atoms with Crippen molar-refractivity contribution in [3.05, 3.63) is 18.2 Å². The van der Waals surface area contributed by atoms with Crippen molar-refractivity contribution < 1.29 is 18.7 Å². The van der Waals surface area contributed by atoms with Gasteiger partial charge in [0.2, 0.25) is 5.17 Å². The molecule has 0 aliphatic rings. The average molecular weight is 224 g/mol. The number of halogens is 3. The summed E-state index contributed by atoms with van der Waals surface area (Å²) in [6.07, 6.45) is 1.98. The number of rotatable bonds is 3. The number of aromatic nitrogens is 2. The normalized spacial score (nSPS) is 11.9. The minimum absolute atomic E-state index is 0.0872. The zero-order valence-electron chi connectivity index (χ0n) is 6.56. The van der Waals surface area contributed by atoms with Gasteiger partial charge in [0.1, 0.15) is 0 Å². The van der Waals surface area contributed by atoms with E-state index in [-0.39, 0.29) is 16.7 Å². The van der Waals surface area contributed by atoms with Crippen molar-refractivity contribution in [3.8, 4) is 5.75 Å². The van der Waals surface area contributed by atoms with Gasteiger partial charge in [-0.2, -0.15) is 8.78 Å². The molecule has 0 saturated carbocycles. The van der Waals surface area contributed by atoms with Crippen LogP contribution in [0.2, 0.25) is 0 Å². The van der Waals surface area contributed by atoms with Gasteiger partial charge in [0, 0.05) is 0 Å². The van der Waals surface area contributed by atoms with E-state index in [0.29, 0.717) is 0 Å². The lowest BCUT2D eigenvalue weighted by molar-refractivity contribution is -0.0503. The van der Waals surface area contributed by atoms with Crippen LogP contribution in [0.4, 0.5) is 8.78 Å². The maximum atomic E-state index is 11.7. The van der Waals surface area contributed by atoms with Crippen LogP contribution in [0.3, 0.4) is 0 Å². The van der Waals surface area contributed by atoms with E-state index in [0.717, 1.165) is 12.4 Å². The Morgan fingerprint density at radius 2 is 2.07 bits per heavy atom. The molecule has 0 fully saturated rings. The van der Waals surface area contributed by atoms with Crippen LogP contribution in [0, 0.1) is 0 Å². The summed E-state index contributed by atoms with van der Waals surface area (Å²) >= 11 is 5.33. The first-order valence-electron chi connectivity index (χ1n) is 3.28. The van der Waals surface area contributed by atoms with E-state index >= 15 is 0 Å². The van der Waals surface area contributed by atoms with Crippen molar-refractivity contribution >= 4 is 16.8 Å². The summed E-state index contributed by atoms with van der Waals surface area (Å²) in [5, 5.41) is 10.5. The molecule has 1 aromatic heterocycles. The van der Waals surface area contributed by atoms with E-state index in [9.17, 15) is 8.78 Å². The monoisotopic (exact) mass is 223 g/mol. The first kappa shape index (κ1) is 10.6. The molecule has 14 heavy (non-hydrogen) atoms. The first-order chi connectivity index (χ1) is 6.63. The third-order valence-electron chi connectivity index (χ3n) is 1.13. The highest BCUT2D eigenvalue weighted by molar-refractivity contribution is 6.68. The highest BCUT2D eigenvalue weighted by Crippen LogP contribution is 2.10. The van der Waals surface area contributed by atoms with Gasteiger partial charge >= 0.3 is 6.61 Å². The van der Waals surface area contributed by atoms with Gasteiger partial charge in [0.25, 0.3) is 0 Å². The van der Waals surface area contributed by atoms with Crippen LogP contribution >= 0.6 is 11.6 Å². The summed E-state index contributed by atoms with van der Waals surface area (Å²) in [6, 6.07) is 0. The van der Waals surface area contributed by atoms with Crippen LogP contribution in [0.15, 0.2) is 17.5 Å². The van der Waals surface area contributed by atoms with Crippen molar-refractivity contribution in [2.45, 2.75) is 6.61 Å². The highest BCUT2D eigenvalue weighted by atomic mass is 35.5. The average Bonchev–Trinajstić information content (AvgIpc) is 2.17. The zero-order valence-corrected chi connectivity index (χ0v) is 7.32. The molecule has 1 N–H and O–H groups in total. The van der Waals surface area contributed by atoms with Crippen molar-refractivity contribution in [2.24, 2.45) is 5.16 Å². The molecule has 0 aliphatic carbocycles. The van der Waals surface area contributed by atoms with Gasteiger partial charge in [0.05, 0.1) is 12.4 Å². The summed E-state index contributed by atoms with van der Waals surface area (Å²) in [7, 11) is 0. The van der Waals surface area contributed by atoms with Gasteiger partial charge < -0.3 is 9.94 Å². The summed E-state index contributed by atoms with van der Waals surface area (Å²) in [5.41, 5.74) is 0. The Balaban J connectivity index is 2.78. The molecule has 0 spiro atoms. The Morgan fingerprint density at radius 3 is 2.50 bits per heavy atom. The smallest absolute Gasteiger partial charge is 0.387 e. The summed E-state index contributed by atoms with van der Waals surface area (Å²) in [4.78, 5) is 7.02. The molecule has 5 nitrogen and oxygen atoms in total. The van der Waals surface area contributed by atoms with E-state index in [1.807, 2.05) is 0 Å². The number of ether oxygens (including phenoxy) is 1. The number of alkyl halides is 2. The van der Waals surface area contributed by atoms with E-state index in [1.54, 1.807) is 0 Å². The van der Waals surface area contributed by atoms with E-state index in [4.69, 9.17) is 16.8 Å². The predicted molar refractivity (Wildman–Crippen MR) is 42.8 cm³/mol. The molecule has 0 atom stereocenters.